The fraction of sp³-hybridized carbons (Fsp3) is 0.538. The first-order chi connectivity index (χ1) is 8.20. The zero-order valence-electron chi connectivity index (χ0n) is 9.79. The van der Waals surface area contributed by atoms with Crippen LogP contribution in [0.25, 0.3) is 0 Å². The minimum absolute atomic E-state index is 0.0660. The number of alkyl halides is 1. The Morgan fingerprint density at radius 3 is 3.06 bits per heavy atom. The fourth-order valence-corrected chi connectivity index (χ4v) is 2.91. The summed E-state index contributed by atoms with van der Waals surface area (Å²) in [6, 6.07) is 4.59. The van der Waals surface area contributed by atoms with Gasteiger partial charge in [0.1, 0.15) is 11.6 Å². The van der Waals surface area contributed by atoms with E-state index in [9.17, 15) is 4.39 Å². The molecule has 1 heterocycles. The highest BCUT2D eigenvalue weighted by molar-refractivity contribution is 9.09. The van der Waals surface area contributed by atoms with Crippen LogP contribution in [0, 0.1) is 5.82 Å². The number of rotatable bonds is 4. The average Bonchev–Trinajstić information content (AvgIpc) is 2.81. The van der Waals surface area contributed by atoms with Crippen LogP contribution in [0.2, 0.25) is 0 Å². The van der Waals surface area contributed by atoms with Crippen LogP contribution in [0.15, 0.2) is 18.2 Å². The summed E-state index contributed by atoms with van der Waals surface area (Å²) in [5.41, 5.74) is 0.850. The van der Waals surface area contributed by atoms with Crippen LogP contribution in [0.5, 0.6) is 5.75 Å². The van der Waals surface area contributed by atoms with Crippen molar-refractivity contribution in [3.8, 4) is 5.75 Å². The molecular formula is C13H16BrFO2. The molecule has 0 spiro atoms. The Labute approximate surface area is 109 Å². The zero-order chi connectivity index (χ0) is 12.3. The van der Waals surface area contributed by atoms with Crippen LogP contribution in [0.4, 0.5) is 4.39 Å². The number of halogens is 2. The fourth-order valence-electron chi connectivity index (χ4n) is 2.14. The number of methoxy groups -OCH3 is 1. The lowest BCUT2D eigenvalue weighted by Gasteiger charge is -2.17. The Balaban J connectivity index is 2.11. The summed E-state index contributed by atoms with van der Waals surface area (Å²) in [5.74, 6) is 0.476. The number of ether oxygens (including phenoxy) is 2. The summed E-state index contributed by atoms with van der Waals surface area (Å²) >= 11 is 3.60. The van der Waals surface area contributed by atoms with Gasteiger partial charge in [0.05, 0.1) is 13.2 Å². The monoisotopic (exact) mass is 302 g/mol. The maximum absolute atomic E-state index is 13.2. The largest absolute Gasteiger partial charge is 0.496 e. The molecular weight excluding hydrogens is 287 g/mol. The van der Waals surface area contributed by atoms with Crippen molar-refractivity contribution in [1.29, 1.82) is 0 Å². The highest BCUT2D eigenvalue weighted by Gasteiger charge is 2.22. The molecule has 1 aromatic rings. The number of hydrogen-bond acceptors (Lipinski definition) is 2. The molecule has 1 aliphatic rings. The van der Waals surface area contributed by atoms with Gasteiger partial charge in [0.15, 0.2) is 0 Å². The van der Waals surface area contributed by atoms with Gasteiger partial charge in [0, 0.05) is 17.0 Å². The zero-order valence-corrected chi connectivity index (χ0v) is 11.4. The Morgan fingerprint density at radius 1 is 1.59 bits per heavy atom. The molecule has 2 atom stereocenters. The van der Waals surface area contributed by atoms with Crippen molar-refractivity contribution in [1.82, 2.24) is 0 Å². The maximum Gasteiger partial charge on any atom is 0.123 e. The van der Waals surface area contributed by atoms with Crippen molar-refractivity contribution in [2.24, 2.45) is 0 Å². The van der Waals surface area contributed by atoms with Gasteiger partial charge in [-0.3, -0.25) is 0 Å². The van der Waals surface area contributed by atoms with E-state index in [1.807, 2.05) is 0 Å². The third-order valence-electron chi connectivity index (χ3n) is 3.02. The van der Waals surface area contributed by atoms with Gasteiger partial charge in [-0.2, -0.15) is 0 Å². The molecule has 1 saturated heterocycles. The lowest BCUT2D eigenvalue weighted by molar-refractivity contribution is 0.104. The molecule has 0 radical (unpaired) electrons. The van der Waals surface area contributed by atoms with E-state index in [2.05, 4.69) is 15.9 Å². The van der Waals surface area contributed by atoms with Crippen LogP contribution in [-0.2, 0) is 4.74 Å². The van der Waals surface area contributed by atoms with E-state index in [0.29, 0.717) is 5.75 Å². The van der Waals surface area contributed by atoms with Gasteiger partial charge in [-0.15, -0.1) is 0 Å². The van der Waals surface area contributed by atoms with Gasteiger partial charge in [0.25, 0.3) is 0 Å². The van der Waals surface area contributed by atoms with Gasteiger partial charge in [-0.1, -0.05) is 15.9 Å². The Morgan fingerprint density at radius 2 is 2.41 bits per heavy atom. The summed E-state index contributed by atoms with van der Waals surface area (Å²) < 4.78 is 24.1. The molecule has 1 aliphatic heterocycles. The highest BCUT2D eigenvalue weighted by Crippen LogP contribution is 2.37. The molecule has 4 heteroatoms. The van der Waals surface area contributed by atoms with Crippen molar-refractivity contribution in [2.75, 3.05) is 13.7 Å². The molecule has 1 aromatic carbocycles. The van der Waals surface area contributed by atoms with E-state index in [0.717, 1.165) is 31.4 Å². The molecule has 0 bridgehead atoms. The van der Waals surface area contributed by atoms with E-state index in [1.54, 1.807) is 13.2 Å². The third kappa shape index (κ3) is 3.19. The van der Waals surface area contributed by atoms with Gasteiger partial charge in [-0.05, 0) is 37.5 Å². The summed E-state index contributed by atoms with van der Waals surface area (Å²) in [6.45, 7) is 0.838. The lowest BCUT2D eigenvalue weighted by atomic mass is 10.0. The first-order valence-electron chi connectivity index (χ1n) is 5.80. The molecule has 1 fully saturated rings. The van der Waals surface area contributed by atoms with E-state index >= 15 is 0 Å². The first-order valence-corrected chi connectivity index (χ1v) is 6.71. The molecule has 0 N–H and O–H groups in total. The molecule has 0 aromatic heterocycles. The van der Waals surface area contributed by atoms with E-state index in [1.165, 1.54) is 12.1 Å². The molecule has 17 heavy (non-hydrogen) atoms. The van der Waals surface area contributed by atoms with Crippen LogP contribution in [0.1, 0.15) is 29.7 Å². The third-order valence-corrected chi connectivity index (χ3v) is 3.89. The minimum atomic E-state index is -0.238. The van der Waals surface area contributed by atoms with Crippen LogP contribution in [0.3, 0.4) is 0 Å². The molecule has 0 aliphatic carbocycles. The quantitative estimate of drug-likeness (QED) is 0.787. The van der Waals surface area contributed by atoms with Crippen molar-refractivity contribution in [2.45, 2.75) is 30.2 Å². The SMILES string of the molecule is COc1ccc(F)cc1C(Br)CC1CCCO1. The summed E-state index contributed by atoms with van der Waals surface area (Å²) in [4.78, 5) is 0.0660. The Bertz CT molecular complexity index is 378. The number of benzene rings is 1. The summed E-state index contributed by atoms with van der Waals surface area (Å²) in [7, 11) is 1.60. The average molecular weight is 303 g/mol. The Hall–Kier alpha value is -0.610. The van der Waals surface area contributed by atoms with Crippen LogP contribution >= 0.6 is 15.9 Å². The second-order valence-corrected chi connectivity index (χ2v) is 5.33. The molecule has 0 saturated carbocycles. The maximum atomic E-state index is 13.2. The lowest BCUT2D eigenvalue weighted by Crippen LogP contribution is -2.09. The second kappa shape index (κ2) is 5.83. The van der Waals surface area contributed by atoms with Crippen molar-refractivity contribution in [3.05, 3.63) is 29.6 Å². The van der Waals surface area contributed by atoms with Gasteiger partial charge >= 0.3 is 0 Å². The standard InChI is InChI=1S/C13H16BrFO2/c1-16-13-5-4-9(15)7-11(13)12(14)8-10-3-2-6-17-10/h4-5,7,10,12H,2-3,6,8H2,1H3. The summed E-state index contributed by atoms with van der Waals surface area (Å²) in [6.07, 6.45) is 3.32. The van der Waals surface area contributed by atoms with Gasteiger partial charge < -0.3 is 9.47 Å². The topological polar surface area (TPSA) is 18.5 Å². The van der Waals surface area contributed by atoms with Crippen LogP contribution < -0.4 is 4.74 Å². The van der Waals surface area contributed by atoms with E-state index in [4.69, 9.17) is 9.47 Å². The molecule has 0 amide bonds. The van der Waals surface area contributed by atoms with E-state index in [-0.39, 0.29) is 16.7 Å². The smallest absolute Gasteiger partial charge is 0.123 e. The number of hydrogen-bond donors (Lipinski definition) is 0. The molecule has 2 rings (SSSR count). The Kier molecular flexibility index (Phi) is 4.40. The highest BCUT2D eigenvalue weighted by atomic mass is 79.9. The van der Waals surface area contributed by atoms with Gasteiger partial charge in [-0.25, -0.2) is 4.39 Å². The van der Waals surface area contributed by atoms with Crippen molar-refractivity contribution >= 4 is 15.9 Å². The normalized spacial score (nSPS) is 21.5. The molecule has 2 nitrogen and oxygen atoms in total. The second-order valence-electron chi connectivity index (χ2n) is 4.22. The predicted molar refractivity (Wildman–Crippen MR) is 68.2 cm³/mol. The molecule has 94 valence electrons. The predicted octanol–water partition coefficient (Wildman–Crippen LogP) is 3.84. The molecule has 2 unspecified atom stereocenters. The first kappa shape index (κ1) is 12.8. The minimum Gasteiger partial charge on any atom is -0.496 e. The van der Waals surface area contributed by atoms with E-state index < -0.39 is 0 Å². The van der Waals surface area contributed by atoms with Gasteiger partial charge in [0.2, 0.25) is 0 Å². The van der Waals surface area contributed by atoms with Crippen molar-refractivity contribution < 1.29 is 13.9 Å². The van der Waals surface area contributed by atoms with Crippen LogP contribution in [-0.4, -0.2) is 19.8 Å². The summed E-state index contributed by atoms with van der Waals surface area (Å²) in [5, 5.41) is 0. The van der Waals surface area contributed by atoms with Crippen molar-refractivity contribution in [3.63, 3.8) is 0 Å².